The van der Waals surface area contributed by atoms with Crippen molar-refractivity contribution in [3.05, 3.63) is 71.8 Å². The minimum absolute atomic E-state index is 0.0112. The van der Waals surface area contributed by atoms with Gasteiger partial charge in [-0.15, -0.1) is 0 Å². The van der Waals surface area contributed by atoms with Crippen LogP contribution in [0.2, 0.25) is 0 Å². The molecule has 0 radical (unpaired) electrons. The summed E-state index contributed by atoms with van der Waals surface area (Å²) in [6, 6.07) is 15.6. The van der Waals surface area contributed by atoms with E-state index in [4.69, 9.17) is 9.47 Å². The van der Waals surface area contributed by atoms with Crippen LogP contribution in [-0.2, 0) is 22.6 Å². The topological polar surface area (TPSA) is 59.1 Å². The highest BCUT2D eigenvalue weighted by Crippen LogP contribution is 2.24. The summed E-state index contributed by atoms with van der Waals surface area (Å²) in [5.41, 5.74) is 2.29. The molecule has 0 N–H and O–H groups in total. The zero-order chi connectivity index (χ0) is 24.0. The molecule has 2 aromatic rings. The molecule has 1 heterocycles. The highest BCUT2D eigenvalue weighted by molar-refractivity contribution is 5.80. The van der Waals surface area contributed by atoms with Crippen LogP contribution < -0.4 is 4.74 Å². The number of carbonyl (C=O) groups excluding carboxylic acids is 2. The Morgan fingerprint density at radius 3 is 2.48 bits per heavy atom. The standard InChI is InChI=1S/C27H34N2O4/c1-6-21-12-13-24(32-19-22-10-8-7-9-11-22)23(16-21)17-25(30)29-15-14-28(18-20(29)2)26(31)33-27(3,4)5/h6-13,16,20H,1,14-15,17-19H2,2-5H3/t20-/m0/s1. The molecule has 0 unspecified atom stereocenters. The molecule has 1 atom stereocenters. The minimum atomic E-state index is -0.542. The van der Waals surface area contributed by atoms with Gasteiger partial charge < -0.3 is 19.3 Å². The van der Waals surface area contributed by atoms with E-state index in [0.717, 1.165) is 16.7 Å². The van der Waals surface area contributed by atoms with E-state index in [1.807, 2.05) is 81.1 Å². The van der Waals surface area contributed by atoms with Crippen molar-refractivity contribution < 1.29 is 19.1 Å². The van der Waals surface area contributed by atoms with Crippen LogP contribution in [0.3, 0.4) is 0 Å². The Morgan fingerprint density at radius 2 is 1.85 bits per heavy atom. The molecule has 2 aromatic carbocycles. The first-order valence-electron chi connectivity index (χ1n) is 11.4. The number of benzene rings is 2. The molecule has 0 saturated carbocycles. The van der Waals surface area contributed by atoms with Gasteiger partial charge in [0.2, 0.25) is 5.91 Å². The SMILES string of the molecule is C=Cc1ccc(OCc2ccccc2)c(CC(=O)N2CCN(C(=O)OC(C)(C)C)C[C@@H]2C)c1. The van der Waals surface area contributed by atoms with Gasteiger partial charge in [0.25, 0.3) is 0 Å². The molecule has 0 spiro atoms. The maximum Gasteiger partial charge on any atom is 0.410 e. The average Bonchev–Trinajstić information content (AvgIpc) is 2.77. The molecule has 2 amide bonds. The van der Waals surface area contributed by atoms with E-state index in [1.165, 1.54) is 0 Å². The monoisotopic (exact) mass is 450 g/mol. The van der Waals surface area contributed by atoms with Crippen LogP contribution in [0.1, 0.15) is 44.4 Å². The molecule has 1 aliphatic rings. The Labute approximate surface area is 196 Å². The third-order valence-corrected chi connectivity index (χ3v) is 5.50. The lowest BCUT2D eigenvalue weighted by Crippen LogP contribution is -2.56. The normalized spacial score (nSPS) is 16.3. The number of ether oxygens (including phenoxy) is 2. The van der Waals surface area contributed by atoms with Crippen LogP contribution >= 0.6 is 0 Å². The van der Waals surface area contributed by atoms with E-state index in [2.05, 4.69) is 6.58 Å². The summed E-state index contributed by atoms with van der Waals surface area (Å²) in [4.78, 5) is 29.1. The van der Waals surface area contributed by atoms with Crippen molar-refractivity contribution in [1.82, 2.24) is 9.80 Å². The van der Waals surface area contributed by atoms with Gasteiger partial charge in [0.15, 0.2) is 0 Å². The van der Waals surface area contributed by atoms with Crippen molar-refractivity contribution in [2.24, 2.45) is 0 Å². The van der Waals surface area contributed by atoms with Crippen LogP contribution in [0.25, 0.3) is 6.08 Å². The van der Waals surface area contributed by atoms with Crippen LogP contribution in [-0.4, -0.2) is 53.1 Å². The van der Waals surface area contributed by atoms with E-state index >= 15 is 0 Å². The third-order valence-electron chi connectivity index (χ3n) is 5.50. The van der Waals surface area contributed by atoms with Gasteiger partial charge in [-0.1, -0.05) is 49.1 Å². The van der Waals surface area contributed by atoms with Crippen LogP contribution in [0.4, 0.5) is 4.79 Å². The Kier molecular flexibility index (Phi) is 7.79. The van der Waals surface area contributed by atoms with Gasteiger partial charge in [-0.05, 0) is 51.0 Å². The van der Waals surface area contributed by atoms with Crippen molar-refractivity contribution in [2.45, 2.75) is 52.4 Å². The lowest BCUT2D eigenvalue weighted by molar-refractivity contribution is -0.134. The smallest absolute Gasteiger partial charge is 0.410 e. The number of carbonyl (C=O) groups is 2. The molecular formula is C27H34N2O4. The first kappa shape index (κ1) is 24.4. The maximum absolute atomic E-state index is 13.2. The highest BCUT2D eigenvalue weighted by Gasteiger charge is 2.32. The molecule has 1 aliphatic heterocycles. The Hall–Kier alpha value is -3.28. The molecule has 0 aromatic heterocycles. The summed E-state index contributed by atoms with van der Waals surface area (Å²) < 4.78 is 11.5. The molecule has 1 fully saturated rings. The van der Waals surface area contributed by atoms with Gasteiger partial charge in [-0.3, -0.25) is 4.79 Å². The first-order chi connectivity index (χ1) is 15.7. The first-order valence-corrected chi connectivity index (χ1v) is 11.4. The third kappa shape index (κ3) is 6.85. The number of hydrogen-bond donors (Lipinski definition) is 0. The predicted octanol–water partition coefficient (Wildman–Crippen LogP) is 4.92. The van der Waals surface area contributed by atoms with Crippen molar-refractivity contribution in [1.29, 1.82) is 0 Å². The summed E-state index contributed by atoms with van der Waals surface area (Å²) in [5, 5.41) is 0. The number of nitrogens with zero attached hydrogens (tertiary/aromatic N) is 2. The van der Waals surface area contributed by atoms with Gasteiger partial charge in [-0.2, -0.15) is 0 Å². The zero-order valence-corrected chi connectivity index (χ0v) is 20.0. The van der Waals surface area contributed by atoms with Gasteiger partial charge in [0.05, 0.1) is 6.42 Å². The van der Waals surface area contributed by atoms with Crippen molar-refractivity contribution >= 4 is 18.1 Å². The Morgan fingerprint density at radius 1 is 1.12 bits per heavy atom. The average molecular weight is 451 g/mol. The fourth-order valence-corrected chi connectivity index (χ4v) is 3.83. The molecule has 3 rings (SSSR count). The fraction of sp³-hybridized carbons (Fsp3) is 0.407. The predicted molar refractivity (Wildman–Crippen MR) is 130 cm³/mol. The molecule has 1 saturated heterocycles. The number of rotatable bonds is 6. The van der Waals surface area contributed by atoms with E-state index in [0.29, 0.717) is 32.0 Å². The summed E-state index contributed by atoms with van der Waals surface area (Å²) in [7, 11) is 0. The second kappa shape index (κ2) is 10.6. The summed E-state index contributed by atoms with van der Waals surface area (Å²) in [5.74, 6) is 0.704. The van der Waals surface area contributed by atoms with E-state index in [9.17, 15) is 9.59 Å². The van der Waals surface area contributed by atoms with Crippen molar-refractivity contribution in [2.75, 3.05) is 19.6 Å². The lowest BCUT2D eigenvalue weighted by atomic mass is 10.0. The largest absolute Gasteiger partial charge is 0.489 e. The summed E-state index contributed by atoms with van der Waals surface area (Å²) >= 11 is 0. The van der Waals surface area contributed by atoms with Crippen LogP contribution in [0.5, 0.6) is 5.75 Å². The van der Waals surface area contributed by atoms with Gasteiger partial charge in [0, 0.05) is 31.2 Å². The van der Waals surface area contributed by atoms with Gasteiger partial charge in [0.1, 0.15) is 18.0 Å². The summed E-state index contributed by atoms with van der Waals surface area (Å²) in [6.45, 7) is 13.2. The zero-order valence-electron chi connectivity index (χ0n) is 20.0. The molecule has 6 heteroatoms. The maximum atomic E-state index is 13.2. The molecule has 6 nitrogen and oxygen atoms in total. The van der Waals surface area contributed by atoms with Gasteiger partial charge >= 0.3 is 6.09 Å². The molecule has 176 valence electrons. The highest BCUT2D eigenvalue weighted by atomic mass is 16.6. The van der Waals surface area contributed by atoms with Crippen molar-refractivity contribution in [3.8, 4) is 5.75 Å². The van der Waals surface area contributed by atoms with Crippen LogP contribution in [0, 0.1) is 0 Å². The molecule has 0 aliphatic carbocycles. The fourth-order valence-electron chi connectivity index (χ4n) is 3.83. The second-order valence-electron chi connectivity index (χ2n) is 9.38. The minimum Gasteiger partial charge on any atom is -0.489 e. The second-order valence-corrected chi connectivity index (χ2v) is 9.38. The van der Waals surface area contributed by atoms with Crippen molar-refractivity contribution in [3.63, 3.8) is 0 Å². The van der Waals surface area contributed by atoms with E-state index in [1.54, 1.807) is 11.0 Å². The molecule has 33 heavy (non-hydrogen) atoms. The number of piperazine rings is 1. The van der Waals surface area contributed by atoms with Gasteiger partial charge in [-0.25, -0.2) is 4.79 Å². The Balaban J connectivity index is 1.66. The Bertz CT molecular complexity index is 981. The van der Waals surface area contributed by atoms with E-state index < -0.39 is 5.60 Å². The summed E-state index contributed by atoms with van der Waals surface area (Å²) in [6.07, 6.45) is 1.65. The quantitative estimate of drug-likeness (QED) is 0.627. The number of hydrogen-bond acceptors (Lipinski definition) is 4. The number of amides is 2. The molecular weight excluding hydrogens is 416 g/mol. The van der Waals surface area contributed by atoms with Crippen LogP contribution in [0.15, 0.2) is 55.1 Å². The lowest BCUT2D eigenvalue weighted by Gasteiger charge is -2.40. The van der Waals surface area contributed by atoms with E-state index in [-0.39, 0.29) is 24.5 Å². The molecule has 0 bridgehead atoms.